The zero-order chi connectivity index (χ0) is 10.6. The minimum absolute atomic E-state index is 0.00604. The molecule has 1 atom stereocenters. The van der Waals surface area contributed by atoms with Gasteiger partial charge in [0, 0.05) is 18.1 Å². The lowest BCUT2D eigenvalue weighted by atomic mass is 9.96. The Labute approximate surface area is 88.8 Å². The van der Waals surface area contributed by atoms with Crippen LogP contribution in [0.15, 0.2) is 0 Å². The molecular weight excluding hydrogens is 172 g/mol. The first-order valence-electron chi connectivity index (χ1n) is 6.04. The van der Waals surface area contributed by atoms with Gasteiger partial charge in [-0.2, -0.15) is 0 Å². The molecule has 0 heterocycles. The molecule has 0 aromatic rings. The average Bonchev–Trinajstić information content (AvgIpc) is 2.53. The molecule has 1 unspecified atom stereocenters. The first kappa shape index (κ1) is 12.0. The van der Waals surface area contributed by atoms with Gasteiger partial charge in [0.1, 0.15) is 0 Å². The molecule has 1 saturated carbocycles. The normalized spacial score (nSPS) is 22.9. The van der Waals surface area contributed by atoms with E-state index in [4.69, 9.17) is 5.73 Å². The number of likely N-dealkylation sites (N-methyl/N-ethyl adjacent to an activating group) is 1. The van der Waals surface area contributed by atoms with Crippen molar-refractivity contribution in [2.45, 2.75) is 64.0 Å². The highest BCUT2D eigenvalue weighted by Gasteiger charge is 2.25. The van der Waals surface area contributed by atoms with Crippen molar-refractivity contribution in [2.24, 2.45) is 5.73 Å². The Morgan fingerprint density at radius 1 is 1.36 bits per heavy atom. The molecule has 0 spiro atoms. The van der Waals surface area contributed by atoms with Crippen molar-refractivity contribution in [2.75, 3.05) is 13.6 Å². The van der Waals surface area contributed by atoms with Crippen molar-refractivity contribution >= 4 is 0 Å². The third-order valence-corrected chi connectivity index (χ3v) is 3.38. The molecule has 2 N–H and O–H groups in total. The summed E-state index contributed by atoms with van der Waals surface area (Å²) in [4.78, 5) is 2.47. The van der Waals surface area contributed by atoms with Gasteiger partial charge in [-0.15, -0.1) is 0 Å². The third-order valence-electron chi connectivity index (χ3n) is 3.38. The third kappa shape index (κ3) is 3.58. The monoisotopic (exact) mass is 198 g/mol. The predicted molar refractivity (Wildman–Crippen MR) is 62.4 cm³/mol. The average molecular weight is 198 g/mol. The summed E-state index contributed by atoms with van der Waals surface area (Å²) in [5.74, 6) is 0. The van der Waals surface area contributed by atoms with E-state index >= 15 is 0 Å². The highest BCUT2D eigenvalue weighted by molar-refractivity contribution is 4.85. The van der Waals surface area contributed by atoms with Gasteiger partial charge in [0.15, 0.2) is 0 Å². The van der Waals surface area contributed by atoms with Crippen LogP contribution >= 0.6 is 0 Å². The molecule has 84 valence electrons. The highest BCUT2D eigenvalue weighted by Crippen LogP contribution is 2.23. The van der Waals surface area contributed by atoms with E-state index in [1.165, 1.54) is 32.1 Å². The van der Waals surface area contributed by atoms with Crippen molar-refractivity contribution < 1.29 is 0 Å². The van der Waals surface area contributed by atoms with E-state index in [9.17, 15) is 0 Å². The fraction of sp³-hybridized carbons (Fsp3) is 1.00. The van der Waals surface area contributed by atoms with E-state index in [0.717, 1.165) is 19.0 Å². The van der Waals surface area contributed by atoms with Gasteiger partial charge < -0.3 is 10.6 Å². The smallest absolute Gasteiger partial charge is 0.0254 e. The van der Waals surface area contributed by atoms with Crippen LogP contribution < -0.4 is 5.73 Å². The standard InChI is InChI=1S/C12H26N2/c1-4-9-12(2,13)10-14(3)11-7-5-6-8-11/h11H,4-10,13H2,1-3H3. The van der Waals surface area contributed by atoms with Crippen LogP contribution in [0.3, 0.4) is 0 Å². The Bertz CT molecular complexity index is 160. The van der Waals surface area contributed by atoms with Crippen molar-refractivity contribution in [1.82, 2.24) is 4.90 Å². The molecule has 0 saturated heterocycles. The molecule has 0 amide bonds. The van der Waals surface area contributed by atoms with E-state index in [-0.39, 0.29) is 5.54 Å². The Morgan fingerprint density at radius 2 is 1.93 bits per heavy atom. The van der Waals surface area contributed by atoms with Crippen LogP contribution in [-0.2, 0) is 0 Å². The van der Waals surface area contributed by atoms with Gasteiger partial charge in [0.05, 0.1) is 0 Å². The van der Waals surface area contributed by atoms with E-state index in [0.29, 0.717) is 0 Å². The van der Waals surface area contributed by atoms with Crippen molar-refractivity contribution in [1.29, 1.82) is 0 Å². The van der Waals surface area contributed by atoms with Gasteiger partial charge in [-0.25, -0.2) is 0 Å². The summed E-state index contributed by atoms with van der Waals surface area (Å²) in [5.41, 5.74) is 6.26. The largest absolute Gasteiger partial charge is 0.324 e. The molecule has 0 radical (unpaired) electrons. The first-order chi connectivity index (χ1) is 6.55. The quantitative estimate of drug-likeness (QED) is 0.735. The Morgan fingerprint density at radius 3 is 2.43 bits per heavy atom. The van der Waals surface area contributed by atoms with Crippen LogP contribution in [0.1, 0.15) is 52.4 Å². The maximum absolute atomic E-state index is 6.25. The summed E-state index contributed by atoms with van der Waals surface area (Å²) >= 11 is 0. The highest BCUT2D eigenvalue weighted by atomic mass is 15.1. The minimum Gasteiger partial charge on any atom is -0.324 e. The second kappa shape index (κ2) is 5.13. The topological polar surface area (TPSA) is 29.3 Å². The molecule has 0 aliphatic heterocycles. The zero-order valence-corrected chi connectivity index (χ0v) is 10.1. The van der Waals surface area contributed by atoms with Gasteiger partial charge in [0.25, 0.3) is 0 Å². The van der Waals surface area contributed by atoms with Crippen molar-refractivity contribution in [3.63, 3.8) is 0 Å². The fourth-order valence-electron chi connectivity index (χ4n) is 2.69. The summed E-state index contributed by atoms with van der Waals surface area (Å²) in [6.45, 7) is 5.44. The van der Waals surface area contributed by atoms with Crippen molar-refractivity contribution in [3.8, 4) is 0 Å². The minimum atomic E-state index is 0.00604. The van der Waals surface area contributed by atoms with Crippen LogP contribution in [0.4, 0.5) is 0 Å². The Hall–Kier alpha value is -0.0800. The number of hydrogen-bond donors (Lipinski definition) is 1. The van der Waals surface area contributed by atoms with Crippen LogP contribution in [0.2, 0.25) is 0 Å². The first-order valence-corrected chi connectivity index (χ1v) is 6.04. The summed E-state index contributed by atoms with van der Waals surface area (Å²) in [7, 11) is 2.23. The van der Waals surface area contributed by atoms with E-state index in [2.05, 4.69) is 25.8 Å². The molecule has 0 aromatic heterocycles. The number of rotatable bonds is 5. The fourth-order valence-corrected chi connectivity index (χ4v) is 2.69. The van der Waals surface area contributed by atoms with Crippen molar-refractivity contribution in [3.05, 3.63) is 0 Å². The molecule has 14 heavy (non-hydrogen) atoms. The Balaban J connectivity index is 2.34. The van der Waals surface area contributed by atoms with E-state index in [1.54, 1.807) is 0 Å². The summed E-state index contributed by atoms with van der Waals surface area (Å²) < 4.78 is 0. The predicted octanol–water partition coefficient (Wildman–Crippen LogP) is 2.38. The molecular formula is C12H26N2. The van der Waals surface area contributed by atoms with E-state index in [1.807, 2.05) is 0 Å². The molecule has 2 nitrogen and oxygen atoms in total. The van der Waals surface area contributed by atoms with Gasteiger partial charge in [-0.1, -0.05) is 26.2 Å². The maximum atomic E-state index is 6.25. The molecule has 0 aromatic carbocycles. The molecule has 2 heteroatoms. The molecule has 0 bridgehead atoms. The van der Waals surface area contributed by atoms with Gasteiger partial charge in [-0.05, 0) is 33.2 Å². The Kier molecular flexibility index (Phi) is 4.39. The summed E-state index contributed by atoms with van der Waals surface area (Å²) in [6, 6.07) is 0.801. The SMILES string of the molecule is CCCC(C)(N)CN(C)C1CCCC1. The van der Waals surface area contributed by atoms with Crippen LogP contribution in [0, 0.1) is 0 Å². The van der Waals surface area contributed by atoms with Gasteiger partial charge >= 0.3 is 0 Å². The maximum Gasteiger partial charge on any atom is 0.0254 e. The second-order valence-corrected chi connectivity index (χ2v) is 5.26. The molecule has 1 fully saturated rings. The number of hydrogen-bond acceptors (Lipinski definition) is 2. The van der Waals surface area contributed by atoms with Crippen LogP contribution in [0.25, 0.3) is 0 Å². The lowest BCUT2D eigenvalue weighted by Crippen LogP contribution is -2.48. The number of nitrogens with zero attached hydrogens (tertiary/aromatic N) is 1. The lowest BCUT2D eigenvalue weighted by Gasteiger charge is -2.33. The zero-order valence-electron chi connectivity index (χ0n) is 10.1. The van der Waals surface area contributed by atoms with Crippen LogP contribution in [-0.4, -0.2) is 30.1 Å². The second-order valence-electron chi connectivity index (χ2n) is 5.26. The summed E-state index contributed by atoms with van der Waals surface area (Å²) in [6.07, 6.45) is 7.88. The van der Waals surface area contributed by atoms with Crippen LogP contribution in [0.5, 0.6) is 0 Å². The molecule has 1 rings (SSSR count). The summed E-state index contributed by atoms with van der Waals surface area (Å²) in [5, 5.41) is 0. The number of nitrogens with two attached hydrogens (primary N) is 1. The molecule has 1 aliphatic rings. The van der Waals surface area contributed by atoms with E-state index < -0.39 is 0 Å². The lowest BCUT2D eigenvalue weighted by molar-refractivity contribution is 0.190. The van der Waals surface area contributed by atoms with Gasteiger partial charge in [-0.3, -0.25) is 0 Å². The molecule has 1 aliphatic carbocycles. The van der Waals surface area contributed by atoms with Gasteiger partial charge in [0.2, 0.25) is 0 Å².